The number of ether oxygens (including phenoxy) is 1. The van der Waals surface area contributed by atoms with E-state index in [1.165, 1.54) is 13.8 Å². The number of nitrogens with one attached hydrogen (secondary N) is 1. The van der Waals surface area contributed by atoms with Crippen LogP contribution in [0.15, 0.2) is 21.9 Å². The van der Waals surface area contributed by atoms with Gasteiger partial charge in [0.25, 0.3) is 5.56 Å². The maximum atomic E-state index is 15.0. The van der Waals surface area contributed by atoms with Crippen LogP contribution in [0.5, 0.6) is 0 Å². The van der Waals surface area contributed by atoms with Crippen LogP contribution in [0.1, 0.15) is 20.1 Å². The molecule has 1 aliphatic heterocycles. The van der Waals surface area contributed by atoms with Crippen LogP contribution in [0, 0.1) is 11.8 Å². The van der Waals surface area contributed by atoms with E-state index in [0.29, 0.717) is 0 Å². The lowest BCUT2D eigenvalue weighted by atomic mass is 9.94. The Labute approximate surface area is 119 Å². The number of hydrogen-bond donors (Lipinski definition) is 3. The molecule has 114 valence electrons. The van der Waals surface area contributed by atoms with Crippen molar-refractivity contribution in [3.63, 3.8) is 0 Å². The number of H-pyrrole nitrogens is 1. The van der Waals surface area contributed by atoms with Gasteiger partial charge in [-0.1, -0.05) is 5.92 Å². The summed E-state index contributed by atoms with van der Waals surface area (Å²) in [6, 6.07) is 1.02. The van der Waals surface area contributed by atoms with E-state index >= 15 is 4.39 Å². The maximum absolute atomic E-state index is 15.0. The van der Waals surface area contributed by atoms with Crippen LogP contribution in [0.25, 0.3) is 0 Å². The number of alkyl halides is 1. The van der Waals surface area contributed by atoms with Crippen LogP contribution in [0.2, 0.25) is 0 Å². The number of aromatic nitrogens is 2. The molecule has 1 saturated heterocycles. The highest BCUT2D eigenvalue weighted by Crippen LogP contribution is 2.41. The van der Waals surface area contributed by atoms with E-state index in [2.05, 4.69) is 11.8 Å². The molecule has 7 nitrogen and oxygen atoms in total. The molecule has 21 heavy (non-hydrogen) atoms. The molecule has 2 heterocycles. The van der Waals surface area contributed by atoms with Gasteiger partial charge in [0.1, 0.15) is 12.2 Å². The zero-order valence-corrected chi connectivity index (χ0v) is 11.4. The van der Waals surface area contributed by atoms with Gasteiger partial charge < -0.3 is 14.9 Å². The maximum Gasteiger partial charge on any atom is 0.330 e. The summed E-state index contributed by atoms with van der Waals surface area (Å²) in [6.07, 6.45) is -4.69. The topological polar surface area (TPSA) is 105 Å². The standard InChI is InChI=1S/C13H15FN2O5/c1-3-5-13(14)10(19)9(7(2)17)21-11(13)16-6-4-8(18)15-12(16)20/h4,6-7,9-11,17,19H,1-2H3,(H,15,18,20)/t7-,9+,10?,11+,13+/m0/s1. The van der Waals surface area contributed by atoms with E-state index in [0.717, 1.165) is 16.8 Å². The second kappa shape index (κ2) is 5.44. The fourth-order valence-corrected chi connectivity index (χ4v) is 2.29. The van der Waals surface area contributed by atoms with Crippen LogP contribution >= 0.6 is 0 Å². The van der Waals surface area contributed by atoms with Crippen molar-refractivity contribution in [2.45, 2.75) is 44.1 Å². The van der Waals surface area contributed by atoms with Crippen molar-refractivity contribution >= 4 is 0 Å². The molecule has 0 aliphatic carbocycles. The lowest BCUT2D eigenvalue weighted by molar-refractivity contribution is -0.0803. The minimum atomic E-state index is -2.58. The SMILES string of the molecule is CC#C[C@@]1(F)C(O)[C@@H]([C@H](C)O)O[C@H]1n1ccc(=O)[nH]c1=O. The number of halogens is 1. The first-order chi connectivity index (χ1) is 9.81. The van der Waals surface area contributed by atoms with Crippen molar-refractivity contribution in [1.82, 2.24) is 9.55 Å². The minimum Gasteiger partial charge on any atom is -0.391 e. The summed E-state index contributed by atoms with van der Waals surface area (Å²) in [4.78, 5) is 24.8. The molecule has 8 heteroatoms. The molecule has 1 aromatic heterocycles. The lowest BCUT2D eigenvalue weighted by Gasteiger charge is -2.24. The van der Waals surface area contributed by atoms with Crippen molar-refractivity contribution in [2.75, 3.05) is 0 Å². The van der Waals surface area contributed by atoms with Gasteiger partial charge in [-0.25, -0.2) is 9.18 Å². The summed E-state index contributed by atoms with van der Waals surface area (Å²) < 4.78 is 21.1. The average Bonchev–Trinajstić information content (AvgIpc) is 2.64. The highest BCUT2D eigenvalue weighted by atomic mass is 19.1. The Morgan fingerprint density at radius 1 is 1.57 bits per heavy atom. The number of aliphatic hydroxyl groups is 2. The fourth-order valence-electron chi connectivity index (χ4n) is 2.29. The number of aliphatic hydroxyl groups excluding tert-OH is 2. The van der Waals surface area contributed by atoms with Crippen molar-refractivity contribution in [3.8, 4) is 11.8 Å². The van der Waals surface area contributed by atoms with Gasteiger partial charge >= 0.3 is 5.69 Å². The Hall–Kier alpha value is -1.95. The Morgan fingerprint density at radius 3 is 2.76 bits per heavy atom. The normalized spacial score (nSPS) is 33.3. The van der Waals surface area contributed by atoms with E-state index in [-0.39, 0.29) is 0 Å². The Morgan fingerprint density at radius 2 is 2.24 bits per heavy atom. The fraction of sp³-hybridized carbons (Fsp3) is 0.538. The number of nitrogens with zero attached hydrogens (tertiary/aromatic N) is 1. The predicted molar refractivity (Wildman–Crippen MR) is 70.2 cm³/mol. The molecule has 1 unspecified atom stereocenters. The summed E-state index contributed by atoms with van der Waals surface area (Å²) >= 11 is 0. The Kier molecular flexibility index (Phi) is 4.00. The first-order valence-corrected chi connectivity index (χ1v) is 6.27. The average molecular weight is 298 g/mol. The summed E-state index contributed by atoms with van der Waals surface area (Å²) in [7, 11) is 0. The van der Waals surface area contributed by atoms with Crippen LogP contribution in [-0.2, 0) is 4.74 Å². The predicted octanol–water partition coefficient (Wildman–Crippen LogP) is -1.09. The molecule has 1 aliphatic rings. The third kappa shape index (κ3) is 2.51. The molecule has 1 fully saturated rings. The van der Waals surface area contributed by atoms with Gasteiger partial charge in [0.05, 0.1) is 6.10 Å². The van der Waals surface area contributed by atoms with Gasteiger partial charge in [0, 0.05) is 12.3 Å². The molecule has 5 atom stereocenters. The van der Waals surface area contributed by atoms with Gasteiger partial charge in [0.15, 0.2) is 6.23 Å². The number of hydrogen-bond acceptors (Lipinski definition) is 5. The second-order valence-electron chi connectivity index (χ2n) is 4.80. The zero-order valence-electron chi connectivity index (χ0n) is 11.4. The van der Waals surface area contributed by atoms with Crippen LogP contribution in [0.4, 0.5) is 4.39 Å². The molecule has 3 N–H and O–H groups in total. The minimum absolute atomic E-state index is 0.645. The number of rotatable bonds is 2. The Balaban J connectivity index is 2.56. The quantitative estimate of drug-likeness (QED) is 0.602. The molecule has 0 amide bonds. The van der Waals surface area contributed by atoms with Gasteiger partial charge in [-0.3, -0.25) is 14.3 Å². The Bertz CT molecular complexity index is 701. The first-order valence-electron chi connectivity index (χ1n) is 6.27. The lowest BCUT2D eigenvalue weighted by Crippen LogP contribution is -2.45. The largest absolute Gasteiger partial charge is 0.391 e. The molecular formula is C13H15FN2O5. The molecule has 0 aromatic carbocycles. The highest BCUT2D eigenvalue weighted by Gasteiger charge is 2.59. The molecule has 2 rings (SSSR count). The third-order valence-corrected chi connectivity index (χ3v) is 3.28. The summed E-state index contributed by atoms with van der Waals surface area (Å²) in [5.74, 6) is 4.53. The molecule has 0 bridgehead atoms. The first kappa shape index (κ1) is 15.4. The van der Waals surface area contributed by atoms with E-state index < -0.39 is 41.5 Å². The van der Waals surface area contributed by atoms with E-state index in [4.69, 9.17) is 4.74 Å². The van der Waals surface area contributed by atoms with Crippen LogP contribution in [-0.4, -0.2) is 43.7 Å². The molecule has 0 saturated carbocycles. The van der Waals surface area contributed by atoms with Crippen LogP contribution < -0.4 is 11.2 Å². The highest BCUT2D eigenvalue weighted by molar-refractivity contribution is 5.23. The van der Waals surface area contributed by atoms with Gasteiger partial charge in [0.2, 0.25) is 5.67 Å². The van der Waals surface area contributed by atoms with E-state index in [9.17, 15) is 19.8 Å². The van der Waals surface area contributed by atoms with Crippen molar-refractivity contribution in [1.29, 1.82) is 0 Å². The van der Waals surface area contributed by atoms with Crippen molar-refractivity contribution < 1.29 is 19.3 Å². The second-order valence-corrected chi connectivity index (χ2v) is 4.80. The monoisotopic (exact) mass is 298 g/mol. The van der Waals surface area contributed by atoms with Gasteiger partial charge in [-0.05, 0) is 13.8 Å². The van der Waals surface area contributed by atoms with Gasteiger partial charge in [-0.2, -0.15) is 0 Å². The van der Waals surface area contributed by atoms with Gasteiger partial charge in [-0.15, -0.1) is 5.92 Å². The van der Waals surface area contributed by atoms with E-state index in [1.807, 2.05) is 4.98 Å². The molecule has 1 aromatic rings. The molecular weight excluding hydrogens is 283 g/mol. The summed E-state index contributed by atoms with van der Waals surface area (Å²) in [6.45, 7) is 2.70. The van der Waals surface area contributed by atoms with Crippen LogP contribution in [0.3, 0.4) is 0 Å². The van der Waals surface area contributed by atoms with Crippen molar-refractivity contribution in [2.24, 2.45) is 0 Å². The third-order valence-electron chi connectivity index (χ3n) is 3.28. The summed E-state index contributed by atoms with van der Waals surface area (Å²) in [5, 5.41) is 19.6. The number of aromatic amines is 1. The molecule has 0 radical (unpaired) electrons. The molecule has 0 spiro atoms. The van der Waals surface area contributed by atoms with E-state index in [1.54, 1.807) is 0 Å². The van der Waals surface area contributed by atoms with Crippen molar-refractivity contribution in [3.05, 3.63) is 33.1 Å². The summed E-state index contributed by atoms with van der Waals surface area (Å²) in [5.41, 5.74) is -4.13. The smallest absolute Gasteiger partial charge is 0.330 e. The zero-order chi connectivity index (χ0) is 15.8.